The van der Waals surface area contributed by atoms with E-state index in [0.29, 0.717) is 11.8 Å². The lowest BCUT2D eigenvalue weighted by Gasteiger charge is -2.09. The highest BCUT2D eigenvalue weighted by Gasteiger charge is 2.31. The standard InChI is InChI=1S/C20H16BrFN4S/c21-17-9-13(22)6-5-12(17)11-27-20-25-24-19(26(20)14-7-8-14)16-10-23-18-4-2-1-3-15(16)18/h1-6,9-10,14,23H,7-8,11H2. The number of nitrogens with zero attached hydrogens (tertiary/aromatic N) is 3. The zero-order valence-corrected chi connectivity index (χ0v) is 16.7. The van der Waals surface area contributed by atoms with Crippen molar-refractivity contribution in [1.29, 1.82) is 0 Å². The molecule has 2 aromatic carbocycles. The number of hydrogen-bond donors (Lipinski definition) is 1. The molecule has 0 saturated heterocycles. The second-order valence-corrected chi connectivity index (χ2v) is 8.48. The molecule has 2 heterocycles. The minimum Gasteiger partial charge on any atom is -0.360 e. The van der Waals surface area contributed by atoms with Gasteiger partial charge in [-0.05, 0) is 36.6 Å². The van der Waals surface area contributed by atoms with Crippen molar-refractivity contribution in [3.63, 3.8) is 0 Å². The summed E-state index contributed by atoms with van der Waals surface area (Å²) in [7, 11) is 0. The maximum Gasteiger partial charge on any atom is 0.192 e. The summed E-state index contributed by atoms with van der Waals surface area (Å²) in [4.78, 5) is 3.32. The van der Waals surface area contributed by atoms with Crippen LogP contribution in [-0.4, -0.2) is 19.7 Å². The minimum atomic E-state index is -0.238. The van der Waals surface area contributed by atoms with E-state index in [9.17, 15) is 4.39 Å². The Balaban J connectivity index is 1.49. The van der Waals surface area contributed by atoms with E-state index in [4.69, 9.17) is 0 Å². The van der Waals surface area contributed by atoms with Crippen molar-refractivity contribution in [2.75, 3.05) is 0 Å². The molecule has 0 spiro atoms. The smallest absolute Gasteiger partial charge is 0.192 e. The molecule has 1 fully saturated rings. The molecular weight excluding hydrogens is 427 g/mol. The van der Waals surface area contributed by atoms with Crippen molar-refractivity contribution in [1.82, 2.24) is 19.7 Å². The molecule has 5 rings (SSSR count). The van der Waals surface area contributed by atoms with Crippen LogP contribution in [0.2, 0.25) is 0 Å². The second-order valence-electron chi connectivity index (χ2n) is 6.68. The van der Waals surface area contributed by atoms with Gasteiger partial charge in [0.15, 0.2) is 11.0 Å². The molecule has 0 unspecified atom stereocenters. The number of aromatic nitrogens is 4. The molecular formula is C20H16BrFN4S. The fourth-order valence-electron chi connectivity index (χ4n) is 3.26. The fourth-order valence-corrected chi connectivity index (χ4v) is 4.94. The van der Waals surface area contributed by atoms with E-state index in [-0.39, 0.29) is 5.82 Å². The first-order valence-electron chi connectivity index (χ1n) is 8.79. The molecule has 4 aromatic rings. The van der Waals surface area contributed by atoms with Crippen LogP contribution in [0.5, 0.6) is 0 Å². The predicted octanol–water partition coefficient (Wildman–Crippen LogP) is 5.96. The summed E-state index contributed by atoms with van der Waals surface area (Å²) in [6.45, 7) is 0. The summed E-state index contributed by atoms with van der Waals surface area (Å²) < 4.78 is 16.4. The molecule has 0 amide bonds. The van der Waals surface area contributed by atoms with Crippen LogP contribution >= 0.6 is 27.7 Å². The number of aromatic amines is 1. The molecule has 1 aliphatic rings. The summed E-state index contributed by atoms with van der Waals surface area (Å²) in [6.07, 6.45) is 4.32. The zero-order valence-electron chi connectivity index (χ0n) is 14.3. The molecule has 2 aromatic heterocycles. The van der Waals surface area contributed by atoms with Gasteiger partial charge in [-0.25, -0.2) is 4.39 Å². The van der Waals surface area contributed by atoms with Gasteiger partial charge in [-0.3, -0.25) is 4.57 Å². The monoisotopic (exact) mass is 442 g/mol. The third kappa shape index (κ3) is 3.19. The summed E-state index contributed by atoms with van der Waals surface area (Å²) >= 11 is 5.08. The number of rotatable bonds is 5. The van der Waals surface area contributed by atoms with Crippen LogP contribution in [-0.2, 0) is 5.75 Å². The maximum absolute atomic E-state index is 13.3. The molecule has 7 heteroatoms. The Bertz CT molecular complexity index is 1130. The Kier molecular flexibility index (Phi) is 4.28. The molecule has 1 aliphatic carbocycles. The highest BCUT2D eigenvalue weighted by atomic mass is 79.9. The van der Waals surface area contributed by atoms with Crippen molar-refractivity contribution in [2.24, 2.45) is 0 Å². The molecule has 0 bridgehead atoms. The van der Waals surface area contributed by atoms with Crippen molar-refractivity contribution >= 4 is 38.6 Å². The van der Waals surface area contributed by atoms with Gasteiger partial charge in [0, 0.05) is 38.9 Å². The Morgan fingerprint density at radius 1 is 1.19 bits per heavy atom. The van der Waals surface area contributed by atoms with Gasteiger partial charge in [-0.2, -0.15) is 0 Å². The van der Waals surface area contributed by atoms with E-state index in [1.807, 2.05) is 24.4 Å². The van der Waals surface area contributed by atoms with Crippen LogP contribution in [0.1, 0.15) is 24.4 Å². The number of H-pyrrole nitrogens is 1. The quantitative estimate of drug-likeness (QED) is 0.388. The van der Waals surface area contributed by atoms with Gasteiger partial charge in [-0.15, -0.1) is 10.2 Å². The summed E-state index contributed by atoms with van der Waals surface area (Å²) in [5, 5.41) is 11.1. The molecule has 0 aliphatic heterocycles. The average molecular weight is 443 g/mol. The van der Waals surface area contributed by atoms with E-state index in [1.165, 1.54) is 12.1 Å². The van der Waals surface area contributed by atoms with Crippen molar-refractivity contribution in [3.8, 4) is 11.4 Å². The fraction of sp³-hybridized carbons (Fsp3) is 0.200. The largest absolute Gasteiger partial charge is 0.360 e. The van der Waals surface area contributed by atoms with Crippen LogP contribution in [0.3, 0.4) is 0 Å². The Labute approximate surface area is 168 Å². The van der Waals surface area contributed by atoms with Gasteiger partial charge in [0.1, 0.15) is 5.82 Å². The van der Waals surface area contributed by atoms with E-state index < -0.39 is 0 Å². The minimum absolute atomic E-state index is 0.238. The highest BCUT2D eigenvalue weighted by molar-refractivity contribution is 9.10. The molecule has 4 nitrogen and oxygen atoms in total. The van der Waals surface area contributed by atoms with Crippen LogP contribution in [0.15, 0.2) is 58.3 Å². The number of thioether (sulfide) groups is 1. The van der Waals surface area contributed by atoms with Gasteiger partial charge in [-0.1, -0.05) is 52.0 Å². The molecule has 27 heavy (non-hydrogen) atoms. The summed E-state index contributed by atoms with van der Waals surface area (Å²) in [6, 6.07) is 13.5. The van der Waals surface area contributed by atoms with Crippen LogP contribution in [0.25, 0.3) is 22.3 Å². The lowest BCUT2D eigenvalue weighted by atomic mass is 10.1. The van der Waals surface area contributed by atoms with Gasteiger partial charge in [0.2, 0.25) is 0 Å². The number of halogens is 2. The van der Waals surface area contributed by atoms with Crippen molar-refractivity contribution in [3.05, 3.63) is 64.5 Å². The lowest BCUT2D eigenvalue weighted by Crippen LogP contribution is -1.99. The first kappa shape index (κ1) is 17.0. The van der Waals surface area contributed by atoms with E-state index in [0.717, 1.165) is 50.3 Å². The summed E-state index contributed by atoms with van der Waals surface area (Å²) in [5.74, 6) is 1.38. The van der Waals surface area contributed by atoms with E-state index in [1.54, 1.807) is 11.8 Å². The normalized spacial score (nSPS) is 14.1. The SMILES string of the molecule is Fc1ccc(CSc2nnc(-c3c[nH]c4ccccc34)n2C2CC2)c(Br)c1. The first-order chi connectivity index (χ1) is 13.2. The van der Waals surface area contributed by atoms with Crippen molar-refractivity contribution < 1.29 is 4.39 Å². The molecule has 0 atom stereocenters. The van der Waals surface area contributed by atoms with Gasteiger partial charge >= 0.3 is 0 Å². The third-order valence-electron chi connectivity index (χ3n) is 4.78. The van der Waals surface area contributed by atoms with E-state index in [2.05, 4.69) is 47.8 Å². The number of benzene rings is 2. The van der Waals surface area contributed by atoms with E-state index >= 15 is 0 Å². The number of hydrogen-bond acceptors (Lipinski definition) is 3. The number of para-hydroxylation sites is 1. The second kappa shape index (κ2) is 6.80. The topological polar surface area (TPSA) is 46.5 Å². The van der Waals surface area contributed by atoms with Crippen LogP contribution < -0.4 is 0 Å². The molecule has 1 N–H and O–H groups in total. The Morgan fingerprint density at radius 2 is 2.04 bits per heavy atom. The average Bonchev–Trinajstić information content (AvgIpc) is 3.28. The number of nitrogens with one attached hydrogen (secondary N) is 1. The van der Waals surface area contributed by atoms with Crippen molar-refractivity contribution in [2.45, 2.75) is 29.8 Å². The number of fused-ring (bicyclic) bond motifs is 1. The van der Waals surface area contributed by atoms with Gasteiger partial charge < -0.3 is 4.98 Å². The van der Waals surface area contributed by atoms with Gasteiger partial charge in [0.05, 0.1) is 0 Å². The Hall–Kier alpha value is -2.12. The zero-order chi connectivity index (χ0) is 18.4. The molecule has 0 radical (unpaired) electrons. The molecule has 1 saturated carbocycles. The predicted molar refractivity (Wildman–Crippen MR) is 109 cm³/mol. The highest BCUT2D eigenvalue weighted by Crippen LogP contribution is 2.42. The first-order valence-corrected chi connectivity index (χ1v) is 10.6. The van der Waals surface area contributed by atoms with Crippen LogP contribution in [0, 0.1) is 5.82 Å². The van der Waals surface area contributed by atoms with Crippen LogP contribution in [0.4, 0.5) is 4.39 Å². The lowest BCUT2D eigenvalue weighted by molar-refractivity contribution is 0.626. The molecule has 136 valence electrons. The third-order valence-corrected chi connectivity index (χ3v) is 6.51. The summed E-state index contributed by atoms with van der Waals surface area (Å²) in [5.41, 5.74) is 3.22. The van der Waals surface area contributed by atoms with Gasteiger partial charge in [0.25, 0.3) is 0 Å². The maximum atomic E-state index is 13.3. The Morgan fingerprint density at radius 3 is 2.85 bits per heavy atom.